The summed E-state index contributed by atoms with van der Waals surface area (Å²) in [4.78, 5) is 12.2. The molecule has 0 aromatic heterocycles. The SMILES string of the molecule is O=C(Oc1ccccc1CCc1ccccc1)C1COCCO1.[c]1ccccc1. The Morgan fingerprint density at radius 3 is 2.28 bits per heavy atom. The molecule has 0 bridgehead atoms. The van der Waals surface area contributed by atoms with Gasteiger partial charge in [-0.15, -0.1) is 0 Å². The highest BCUT2D eigenvalue weighted by molar-refractivity contribution is 5.77. The van der Waals surface area contributed by atoms with Crippen molar-refractivity contribution in [3.63, 3.8) is 0 Å². The van der Waals surface area contributed by atoms with Gasteiger partial charge in [-0.2, -0.15) is 0 Å². The largest absolute Gasteiger partial charge is 0.424 e. The lowest BCUT2D eigenvalue weighted by molar-refractivity contribution is -0.161. The number of aryl methyl sites for hydroxylation is 2. The van der Waals surface area contributed by atoms with E-state index in [0.29, 0.717) is 19.0 Å². The van der Waals surface area contributed by atoms with E-state index in [9.17, 15) is 4.79 Å². The Balaban J connectivity index is 0.000000343. The van der Waals surface area contributed by atoms with Crippen LogP contribution in [0.5, 0.6) is 5.75 Å². The predicted molar refractivity (Wildman–Crippen MR) is 112 cm³/mol. The van der Waals surface area contributed by atoms with E-state index in [1.807, 2.05) is 72.8 Å². The smallest absolute Gasteiger partial charge is 0.343 e. The lowest BCUT2D eigenvalue weighted by Crippen LogP contribution is -2.38. The van der Waals surface area contributed by atoms with Crippen LogP contribution in [0.15, 0.2) is 84.9 Å². The van der Waals surface area contributed by atoms with Crippen molar-refractivity contribution >= 4 is 5.97 Å². The van der Waals surface area contributed by atoms with Crippen LogP contribution in [0.1, 0.15) is 11.1 Å². The summed E-state index contributed by atoms with van der Waals surface area (Å²) in [7, 11) is 0. The number of esters is 1. The molecule has 0 aliphatic carbocycles. The zero-order valence-corrected chi connectivity index (χ0v) is 16.3. The van der Waals surface area contributed by atoms with Gasteiger partial charge in [0.05, 0.1) is 19.8 Å². The summed E-state index contributed by atoms with van der Waals surface area (Å²) in [6.45, 7) is 1.21. The van der Waals surface area contributed by atoms with Gasteiger partial charge >= 0.3 is 5.97 Å². The second-order valence-electron chi connectivity index (χ2n) is 6.53. The molecule has 0 spiro atoms. The Labute approximate surface area is 172 Å². The third-order valence-electron chi connectivity index (χ3n) is 4.39. The Morgan fingerprint density at radius 1 is 0.897 bits per heavy atom. The zero-order valence-electron chi connectivity index (χ0n) is 16.3. The molecule has 1 aliphatic heterocycles. The van der Waals surface area contributed by atoms with Gasteiger partial charge in [0.2, 0.25) is 0 Å². The minimum Gasteiger partial charge on any atom is -0.424 e. The normalized spacial score (nSPS) is 15.7. The number of benzene rings is 3. The molecule has 0 N–H and O–H groups in total. The third kappa shape index (κ3) is 7.18. The zero-order chi connectivity index (χ0) is 20.2. The van der Waals surface area contributed by atoms with E-state index in [2.05, 4.69) is 18.2 Å². The van der Waals surface area contributed by atoms with Crippen LogP contribution in [0.3, 0.4) is 0 Å². The maximum atomic E-state index is 12.2. The minimum atomic E-state index is -0.633. The molecule has 0 saturated carbocycles. The van der Waals surface area contributed by atoms with Crippen molar-refractivity contribution in [2.45, 2.75) is 18.9 Å². The maximum Gasteiger partial charge on any atom is 0.343 e. The molecule has 3 aromatic carbocycles. The molecule has 1 aliphatic rings. The lowest BCUT2D eigenvalue weighted by Gasteiger charge is -2.21. The Bertz CT molecular complexity index is 816. The van der Waals surface area contributed by atoms with Crippen LogP contribution < -0.4 is 4.74 Å². The van der Waals surface area contributed by atoms with Crippen molar-refractivity contribution in [2.24, 2.45) is 0 Å². The van der Waals surface area contributed by atoms with Gasteiger partial charge in [-0.05, 0) is 36.1 Å². The van der Waals surface area contributed by atoms with Crippen molar-refractivity contribution in [2.75, 3.05) is 19.8 Å². The van der Waals surface area contributed by atoms with Crippen LogP contribution in [-0.2, 0) is 27.1 Å². The van der Waals surface area contributed by atoms with Gasteiger partial charge in [0.15, 0.2) is 6.10 Å². The number of carbonyl (C=O) groups is 1. The summed E-state index contributed by atoms with van der Waals surface area (Å²) >= 11 is 0. The van der Waals surface area contributed by atoms with Gasteiger partial charge < -0.3 is 14.2 Å². The number of ether oxygens (including phenoxy) is 3. The van der Waals surface area contributed by atoms with Gasteiger partial charge in [-0.1, -0.05) is 78.9 Å². The topological polar surface area (TPSA) is 44.8 Å². The summed E-state index contributed by atoms with van der Waals surface area (Å²) < 4.78 is 16.2. The molecular weight excluding hydrogens is 364 g/mol. The summed E-state index contributed by atoms with van der Waals surface area (Å²) in [6, 6.07) is 30.4. The molecule has 4 rings (SSSR count). The molecule has 1 radical (unpaired) electrons. The first-order chi connectivity index (χ1) is 14.3. The van der Waals surface area contributed by atoms with Gasteiger partial charge in [0.25, 0.3) is 0 Å². The number of carbonyl (C=O) groups excluding carboxylic acids is 1. The fourth-order valence-corrected chi connectivity index (χ4v) is 2.87. The number of para-hydroxylation sites is 1. The quantitative estimate of drug-likeness (QED) is 0.483. The van der Waals surface area contributed by atoms with Crippen LogP contribution in [0.2, 0.25) is 0 Å². The van der Waals surface area contributed by atoms with Gasteiger partial charge in [-0.3, -0.25) is 0 Å². The van der Waals surface area contributed by atoms with E-state index in [1.54, 1.807) is 0 Å². The van der Waals surface area contributed by atoms with Crippen LogP contribution in [-0.4, -0.2) is 31.9 Å². The fourth-order valence-electron chi connectivity index (χ4n) is 2.87. The van der Waals surface area contributed by atoms with Crippen molar-refractivity contribution in [1.82, 2.24) is 0 Å². The summed E-state index contributed by atoms with van der Waals surface area (Å²) in [5.74, 6) is 0.208. The summed E-state index contributed by atoms with van der Waals surface area (Å²) in [6.07, 6.45) is 1.08. The number of rotatable bonds is 5. The highest BCUT2D eigenvalue weighted by Crippen LogP contribution is 2.21. The predicted octanol–water partition coefficient (Wildman–Crippen LogP) is 4.28. The maximum absolute atomic E-state index is 12.2. The van der Waals surface area contributed by atoms with Crippen molar-refractivity contribution in [3.05, 3.63) is 102 Å². The summed E-state index contributed by atoms with van der Waals surface area (Å²) in [5, 5.41) is 0. The number of hydrogen-bond acceptors (Lipinski definition) is 4. The molecular formula is C25H25O4. The molecule has 1 unspecified atom stereocenters. The molecule has 1 saturated heterocycles. The van der Waals surface area contributed by atoms with Crippen molar-refractivity contribution in [3.8, 4) is 5.75 Å². The average molecular weight is 389 g/mol. The van der Waals surface area contributed by atoms with Crippen LogP contribution in [0, 0.1) is 6.07 Å². The third-order valence-corrected chi connectivity index (χ3v) is 4.39. The van der Waals surface area contributed by atoms with E-state index in [0.717, 1.165) is 18.4 Å². The first-order valence-electron chi connectivity index (χ1n) is 9.77. The lowest BCUT2D eigenvalue weighted by atomic mass is 10.0. The van der Waals surface area contributed by atoms with Crippen molar-refractivity contribution < 1.29 is 19.0 Å². The van der Waals surface area contributed by atoms with Gasteiger partial charge in [-0.25, -0.2) is 4.79 Å². The Kier molecular flexibility index (Phi) is 8.45. The summed E-state index contributed by atoms with van der Waals surface area (Å²) in [5.41, 5.74) is 2.28. The van der Waals surface area contributed by atoms with E-state index in [-0.39, 0.29) is 6.61 Å². The van der Waals surface area contributed by atoms with Gasteiger partial charge in [0.1, 0.15) is 5.75 Å². The average Bonchev–Trinajstić information content (AvgIpc) is 2.81. The van der Waals surface area contributed by atoms with Crippen LogP contribution >= 0.6 is 0 Å². The van der Waals surface area contributed by atoms with Crippen molar-refractivity contribution in [1.29, 1.82) is 0 Å². The minimum absolute atomic E-state index is 0.255. The monoisotopic (exact) mass is 389 g/mol. The molecule has 0 amide bonds. The molecule has 1 heterocycles. The second-order valence-corrected chi connectivity index (χ2v) is 6.53. The fraction of sp³-hybridized carbons (Fsp3) is 0.240. The first-order valence-corrected chi connectivity index (χ1v) is 9.77. The molecule has 149 valence electrons. The molecule has 4 nitrogen and oxygen atoms in total. The van der Waals surface area contributed by atoms with Crippen LogP contribution in [0.4, 0.5) is 0 Å². The van der Waals surface area contributed by atoms with E-state index < -0.39 is 12.1 Å². The highest BCUT2D eigenvalue weighted by atomic mass is 16.6. The standard InChI is InChI=1S/C19H20O4.C6H5/c20-19(18-14-21-12-13-22-18)23-17-9-5-4-8-16(17)11-10-15-6-2-1-3-7-15;1-2-4-6-5-3-1/h1-9,18H,10-14H2;1-5H. The van der Waals surface area contributed by atoms with E-state index in [4.69, 9.17) is 14.2 Å². The molecule has 1 fully saturated rings. The van der Waals surface area contributed by atoms with Crippen LogP contribution in [0.25, 0.3) is 0 Å². The molecule has 29 heavy (non-hydrogen) atoms. The first kappa shape index (κ1) is 20.8. The van der Waals surface area contributed by atoms with E-state index >= 15 is 0 Å². The molecule has 3 aromatic rings. The Hall–Kier alpha value is -2.95. The van der Waals surface area contributed by atoms with Gasteiger partial charge in [0, 0.05) is 0 Å². The number of hydrogen-bond donors (Lipinski definition) is 0. The second kappa shape index (κ2) is 11.8. The van der Waals surface area contributed by atoms with E-state index in [1.165, 1.54) is 5.56 Å². The Morgan fingerprint density at radius 2 is 1.62 bits per heavy atom. The molecule has 1 atom stereocenters. The highest BCUT2D eigenvalue weighted by Gasteiger charge is 2.25. The molecule has 4 heteroatoms.